The molecule has 0 spiro atoms. The second-order valence-electron chi connectivity index (χ2n) is 4.86. The summed E-state index contributed by atoms with van der Waals surface area (Å²) in [5, 5.41) is 2.97. The number of piperazine rings is 1. The van der Waals surface area contributed by atoms with Crippen molar-refractivity contribution in [2.45, 2.75) is 38.6 Å². The van der Waals surface area contributed by atoms with E-state index in [1.165, 1.54) is 25.8 Å². The van der Waals surface area contributed by atoms with Crippen LogP contribution in [0.2, 0.25) is 0 Å². The van der Waals surface area contributed by atoms with Crippen molar-refractivity contribution in [2.24, 2.45) is 0 Å². The van der Waals surface area contributed by atoms with Gasteiger partial charge in [0.15, 0.2) is 0 Å². The van der Waals surface area contributed by atoms with Crippen LogP contribution in [-0.2, 0) is 0 Å². The smallest absolute Gasteiger partial charge is 0.317 e. The van der Waals surface area contributed by atoms with Crippen LogP contribution in [0.15, 0.2) is 0 Å². The summed E-state index contributed by atoms with van der Waals surface area (Å²) in [5.41, 5.74) is 0. The Kier molecular flexibility index (Phi) is 4.04. The average molecular weight is 225 g/mol. The van der Waals surface area contributed by atoms with E-state index in [9.17, 15) is 4.79 Å². The Bertz CT molecular complexity index is 244. The molecule has 1 unspecified atom stereocenters. The first-order valence-corrected chi connectivity index (χ1v) is 6.58. The normalized spacial score (nSPS) is 26.3. The van der Waals surface area contributed by atoms with E-state index in [0.717, 1.165) is 32.6 Å². The summed E-state index contributed by atoms with van der Waals surface area (Å²) < 4.78 is 0. The van der Waals surface area contributed by atoms with Crippen LogP contribution in [0, 0.1) is 0 Å². The topological polar surface area (TPSA) is 35.6 Å². The van der Waals surface area contributed by atoms with Gasteiger partial charge in [0.05, 0.1) is 0 Å². The molecule has 4 heteroatoms. The highest BCUT2D eigenvalue weighted by Crippen LogP contribution is 2.20. The molecule has 1 N–H and O–H groups in total. The van der Waals surface area contributed by atoms with E-state index in [1.54, 1.807) is 0 Å². The number of amides is 2. The molecule has 2 fully saturated rings. The Labute approximate surface area is 98.0 Å². The molecule has 92 valence electrons. The lowest BCUT2D eigenvalue weighted by atomic mass is 10.00. The first-order valence-electron chi connectivity index (χ1n) is 6.58. The van der Waals surface area contributed by atoms with Gasteiger partial charge in [-0.3, -0.25) is 4.90 Å². The molecule has 0 saturated carbocycles. The number of hydrogen-bond donors (Lipinski definition) is 1. The highest BCUT2D eigenvalue weighted by Gasteiger charge is 2.30. The fourth-order valence-corrected chi connectivity index (χ4v) is 2.68. The van der Waals surface area contributed by atoms with Gasteiger partial charge in [0.1, 0.15) is 0 Å². The maximum Gasteiger partial charge on any atom is 0.317 e. The molecule has 2 rings (SSSR count). The molecule has 0 aromatic rings. The van der Waals surface area contributed by atoms with Gasteiger partial charge in [-0.25, -0.2) is 4.79 Å². The number of fused-ring (bicyclic) bond motifs is 1. The standard InChI is InChI=1S/C12H23N3O/c1-2-6-13-12(16)15-9-8-14-7-4-3-5-11(14)10-15/h11H,2-10H2,1H3,(H,13,16). The average Bonchev–Trinajstić information content (AvgIpc) is 2.35. The van der Waals surface area contributed by atoms with Crippen molar-refractivity contribution in [2.75, 3.05) is 32.7 Å². The molecule has 0 aromatic carbocycles. The van der Waals surface area contributed by atoms with Crippen molar-refractivity contribution < 1.29 is 4.79 Å². The van der Waals surface area contributed by atoms with Gasteiger partial charge < -0.3 is 10.2 Å². The molecular formula is C12H23N3O. The molecule has 2 aliphatic heterocycles. The zero-order valence-corrected chi connectivity index (χ0v) is 10.2. The van der Waals surface area contributed by atoms with Gasteiger partial charge in [-0.05, 0) is 25.8 Å². The van der Waals surface area contributed by atoms with E-state index in [1.807, 2.05) is 4.90 Å². The minimum absolute atomic E-state index is 0.132. The van der Waals surface area contributed by atoms with Gasteiger partial charge in [0.25, 0.3) is 0 Å². The van der Waals surface area contributed by atoms with Gasteiger partial charge in [-0.2, -0.15) is 0 Å². The molecule has 0 aliphatic carbocycles. The van der Waals surface area contributed by atoms with Gasteiger partial charge in [-0.15, -0.1) is 0 Å². The van der Waals surface area contributed by atoms with Crippen molar-refractivity contribution >= 4 is 6.03 Å². The van der Waals surface area contributed by atoms with E-state index in [4.69, 9.17) is 0 Å². The van der Waals surface area contributed by atoms with Crippen LogP contribution < -0.4 is 5.32 Å². The van der Waals surface area contributed by atoms with Crippen molar-refractivity contribution in [1.29, 1.82) is 0 Å². The van der Waals surface area contributed by atoms with E-state index in [2.05, 4.69) is 17.1 Å². The second-order valence-corrected chi connectivity index (χ2v) is 4.86. The van der Waals surface area contributed by atoms with Gasteiger partial charge in [-0.1, -0.05) is 13.3 Å². The van der Waals surface area contributed by atoms with E-state index in [-0.39, 0.29) is 6.03 Å². The Morgan fingerprint density at radius 2 is 2.19 bits per heavy atom. The minimum Gasteiger partial charge on any atom is -0.338 e. The molecule has 1 atom stereocenters. The SMILES string of the molecule is CCCNC(=O)N1CCN2CCCCC2C1. The summed E-state index contributed by atoms with van der Waals surface area (Å²) in [4.78, 5) is 16.4. The first-order chi connectivity index (χ1) is 7.81. The maximum atomic E-state index is 11.8. The number of rotatable bonds is 2. The minimum atomic E-state index is 0.132. The number of carbonyl (C=O) groups is 1. The summed E-state index contributed by atoms with van der Waals surface area (Å²) in [6.45, 7) is 6.99. The third-order valence-electron chi connectivity index (χ3n) is 3.65. The first kappa shape index (κ1) is 11.7. The summed E-state index contributed by atoms with van der Waals surface area (Å²) in [5.74, 6) is 0. The Morgan fingerprint density at radius 1 is 1.31 bits per heavy atom. The van der Waals surface area contributed by atoms with Crippen molar-refractivity contribution in [3.63, 3.8) is 0 Å². The fourth-order valence-electron chi connectivity index (χ4n) is 2.68. The monoisotopic (exact) mass is 225 g/mol. The number of nitrogens with one attached hydrogen (secondary N) is 1. The Morgan fingerprint density at radius 3 is 3.00 bits per heavy atom. The van der Waals surface area contributed by atoms with Gasteiger partial charge in [0, 0.05) is 32.2 Å². The van der Waals surface area contributed by atoms with Crippen LogP contribution in [-0.4, -0.2) is 54.6 Å². The van der Waals surface area contributed by atoms with Crippen LogP contribution in [0.5, 0.6) is 0 Å². The quantitative estimate of drug-likeness (QED) is 0.768. The molecule has 0 aromatic heterocycles. The molecular weight excluding hydrogens is 202 g/mol. The number of piperidine rings is 1. The van der Waals surface area contributed by atoms with Crippen LogP contribution >= 0.6 is 0 Å². The number of hydrogen-bond acceptors (Lipinski definition) is 2. The maximum absolute atomic E-state index is 11.8. The molecule has 2 saturated heterocycles. The third-order valence-corrected chi connectivity index (χ3v) is 3.65. The predicted octanol–water partition coefficient (Wildman–Crippen LogP) is 1.28. The van der Waals surface area contributed by atoms with E-state index >= 15 is 0 Å². The number of carbonyl (C=O) groups excluding carboxylic acids is 1. The molecule has 2 heterocycles. The van der Waals surface area contributed by atoms with Crippen molar-refractivity contribution in [3.05, 3.63) is 0 Å². The van der Waals surface area contributed by atoms with Crippen LogP contribution in [0.1, 0.15) is 32.6 Å². The highest BCUT2D eigenvalue weighted by molar-refractivity contribution is 5.74. The molecule has 2 aliphatic rings. The molecule has 16 heavy (non-hydrogen) atoms. The summed E-state index contributed by atoms with van der Waals surface area (Å²) >= 11 is 0. The number of nitrogens with zero attached hydrogens (tertiary/aromatic N) is 2. The molecule has 0 radical (unpaired) electrons. The van der Waals surface area contributed by atoms with E-state index < -0.39 is 0 Å². The Hall–Kier alpha value is -0.770. The summed E-state index contributed by atoms with van der Waals surface area (Å²) in [6, 6.07) is 0.752. The second kappa shape index (κ2) is 5.53. The zero-order valence-electron chi connectivity index (χ0n) is 10.2. The highest BCUT2D eigenvalue weighted by atomic mass is 16.2. The zero-order chi connectivity index (χ0) is 11.4. The van der Waals surface area contributed by atoms with Gasteiger partial charge >= 0.3 is 6.03 Å². The fraction of sp³-hybridized carbons (Fsp3) is 0.917. The lowest BCUT2D eigenvalue weighted by Gasteiger charge is -2.43. The van der Waals surface area contributed by atoms with Crippen molar-refractivity contribution in [3.8, 4) is 0 Å². The summed E-state index contributed by atoms with van der Waals surface area (Å²) in [7, 11) is 0. The third kappa shape index (κ3) is 2.67. The predicted molar refractivity (Wildman–Crippen MR) is 64.5 cm³/mol. The lowest BCUT2D eigenvalue weighted by Crippen LogP contribution is -2.57. The number of urea groups is 1. The molecule has 0 bridgehead atoms. The molecule has 4 nitrogen and oxygen atoms in total. The lowest BCUT2D eigenvalue weighted by molar-refractivity contribution is 0.0644. The van der Waals surface area contributed by atoms with Gasteiger partial charge in [0.2, 0.25) is 0 Å². The summed E-state index contributed by atoms with van der Waals surface area (Å²) in [6.07, 6.45) is 4.93. The van der Waals surface area contributed by atoms with E-state index in [0.29, 0.717) is 6.04 Å². The Balaban J connectivity index is 1.82. The van der Waals surface area contributed by atoms with Crippen molar-refractivity contribution in [1.82, 2.24) is 15.1 Å². The largest absolute Gasteiger partial charge is 0.338 e. The molecule has 2 amide bonds. The van der Waals surface area contributed by atoms with Crippen LogP contribution in [0.25, 0.3) is 0 Å². The van der Waals surface area contributed by atoms with Crippen LogP contribution in [0.4, 0.5) is 4.79 Å². The van der Waals surface area contributed by atoms with Crippen LogP contribution in [0.3, 0.4) is 0 Å².